The minimum Gasteiger partial charge on any atom is -0.496 e. The number of ether oxygens (including phenoxy) is 1. The molecule has 0 saturated heterocycles. The number of aryl methyl sites for hydroxylation is 1. The summed E-state index contributed by atoms with van der Waals surface area (Å²) in [6.45, 7) is 2.08. The van der Waals surface area contributed by atoms with Crippen LogP contribution in [0.5, 0.6) is 5.75 Å². The Bertz CT molecular complexity index is 564. The molecular formula is C15H16OS2. The number of rotatable bonds is 3. The molecule has 0 fully saturated rings. The van der Waals surface area contributed by atoms with Gasteiger partial charge in [0.25, 0.3) is 0 Å². The molecule has 0 radical (unpaired) electrons. The summed E-state index contributed by atoms with van der Waals surface area (Å²) in [6.07, 6.45) is 2.07. The molecule has 2 aromatic rings. The van der Waals surface area contributed by atoms with E-state index in [4.69, 9.17) is 4.74 Å². The summed E-state index contributed by atoms with van der Waals surface area (Å²) >= 11 is 6.27. The van der Waals surface area contributed by atoms with Crippen molar-refractivity contribution in [3.8, 4) is 16.9 Å². The molecule has 0 saturated carbocycles. The maximum Gasteiger partial charge on any atom is 0.126 e. The normalized spacial score (nSPS) is 10.4. The van der Waals surface area contributed by atoms with E-state index in [1.54, 1.807) is 18.9 Å². The smallest absolute Gasteiger partial charge is 0.126 e. The quantitative estimate of drug-likeness (QED) is 0.644. The third kappa shape index (κ3) is 2.68. The van der Waals surface area contributed by atoms with Gasteiger partial charge in [0.05, 0.1) is 7.11 Å². The van der Waals surface area contributed by atoms with Crippen LogP contribution in [0.15, 0.2) is 46.2 Å². The Hall–Kier alpha value is -1.06. The van der Waals surface area contributed by atoms with Crippen molar-refractivity contribution in [3.63, 3.8) is 0 Å². The fraction of sp³-hybridized carbons (Fsp3) is 0.200. The molecule has 0 bridgehead atoms. The fourth-order valence-electron chi connectivity index (χ4n) is 1.89. The highest BCUT2D eigenvalue weighted by molar-refractivity contribution is 7.98. The molecule has 1 nitrogen and oxygen atoms in total. The van der Waals surface area contributed by atoms with Gasteiger partial charge in [-0.3, -0.25) is 0 Å². The number of hydrogen-bond acceptors (Lipinski definition) is 3. The molecule has 0 aliphatic heterocycles. The molecule has 0 heterocycles. The first kappa shape index (κ1) is 13.4. The minimum absolute atomic E-state index is 0.883. The summed E-state index contributed by atoms with van der Waals surface area (Å²) in [5.41, 5.74) is 3.43. The third-order valence-electron chi connectivity index (χ3n) is 2.85. The van der Waals surface area contributed by atoms with Crippen molar-refractivity contribution in [2.45, 2.75) is 16.7 Å². The van der Waals surface area contributed by atoms with Crippen molar-refractivity contribution in [1.29, 1.82) is 0 Å². The molecule has 0 aromatic heterocycles. The lowest BCUT2D eigenvalue weighted by atomic mass is 10.0. The van der Waals surface area contributed by atoms with E-state index >= 15 is 0 Å². The van der Waals surface area contributed by atoms with E-state index < -0.39 is 0 Å². The van der Waals surface area contributed by atoms with E-state index in [1.807, 2.05) is 12.1 Å². The lowest BCUT2D eigenvalue weighted by Gasteiger charge is -2.12. The Morgan fingerprint density at radius 1 is 1.06 bits per heavy atom. The topological polar surface area (TPSA) is 9.23 Å². The van der Waals surface area contributed by atoms with Gasteiger partial charge in [-0.2, -0.15) is 0 Å². The summed E-state index contributed by atoms with van der Waals surface area (Å²) in [6, 6.07) is 12.5. The van der Waals surface area contributed by atoms with Gasteiger partial charge >= 0.3 is 0 Å². The number of benzene rings is 2. The standard InChI is InChI=1S/C15H16OS2/c1-10-4-7-15(17)13(8-10)12-9-11(18-3)5-6-14(12)16-2/h4-9,17H,1-3H3. The Labute approximate surface area is 118 Å². The molecule has 0 spiro atoms. The van der Waals surface area contributed by atoms with E-state index in [2.05, 4.69) is 50.1 Å². The van der Waals surface area contributed by atoms with Crippen LogP contribution in [0.25, 0.3) is 11.1 Å². The summed E-state index contributed by atoms with van der Waals surface area (Å²) in [7, 11) is 1.70. The predicted octanol–water partition coefficient (Wildman–Crippen LogP) is 4.68. The molecule has 0 aliphatic rings. The Kier molecular flexibility index (Phi) is 4.25. The summed E-state index contributed by atoms with van der Waals surface area (Å²) in [5, 5.41) is 0. The van der Waals surface area contributed by atoms with Gasteiger partial charge in [0.15, 0.2) is 0 Å². The second kappa shape index (κ2) is 5.72. The van der Waals surface area contributed by atoms with Gasteiger partial charge in [-0.05, 0) is 43.0 Å². The Balaban J connectivity index is 2.64. The van der Waals surface area contributed by atoms with Crippen LogP contribution in [0.3, 0.4) is 0 Å². The highest BCUT2D eigenvalue weighted by Crippen LogP contribution is 2.36. The number of thioether (sulfide) groups is 1. The highest BCUT2D eigenvalue weighted by Gasteiger charge is 2.10. The molecule has 0 unspecified atom stereocenters. The molecule has 18 heavy (non-hydrogen) atoms. The fourth-order valence-corrected chi connectivity index (χ4v) is 2.59. The van der Waals surface area contributed by atoms with Crippen LogP contribution < -0.4 is 4.74 Å². The maximum absolute atomic E-state index is 5.45. The van der Waals surface area contributed by atoms with E-state index in [-0.39, 0.29) is 0 Å². The molecule has 2 aromatic carbocycles. The van der Waals surface area contributed by atoms with Crippen LogP contribution in [0.2, 0.25) is 0 Å². The molecule has 0 N–H and O–H groups in total. The van der Waals surface area contributed by atoms with Crippen molar-refractivity contribution in [3.05, 3.63) is 42.0 Å². The average molecular weight is 276 g/mol. The van der Waals surface area contributed by atoms with Gasteiger partial charge in [-0.1, -0.05) is 17.7 Å². The highest BCUT2D eigenvalue weighted by atomic mass is 32.2. The SMILES string of the molecule is COc1ccc(SC)cc1-c1cc(C)ccc1S. The van der Waals surface area contributed by atoms with Crippen molar-refractivity contribution in [1.82, 2.24) is 0 Å². The van der Waals surface area contributed by atoms with Gasteiger partial charge < -0.3 is 4.74 Å². The van der Waals surface area contributed by atoms with Gasteiger partial charge in [-0.15, -0.1) is 24.4 Å². The molecule has 0 amide bonds. The van der Waals surface area contributed by atoms with Crippen LogP contribution >= 0.6 is 24.4 Å². The minimum atomic E-state index is 0.883. The molecule has 3 heteroatoms. The van der Waals surface area contributed by atoms with Crippen LogP contribution in [0, 0.1) is 6.92 Å². The number of methoxy groups -OCH3 is 1. The molecule has 0 aliphatic carbocycles. The molecular weight excluding hydrogens is 260 g/mol. The maximum atomic E-state index is 5.45. The van der Waals surface area contributed by atoms with Crippen LogP contribution in [0.1, 0.15) is 5.56 Å². The van der Waals surface area contributed by atoms with Crippen molar-refractivity contribution < 1.29 is 4.74 Å². The first-order valence-corrected chi connectivity index (χ1v) is 7.35. The lowest BCUT2D eigenvalue weighted by molar-refractivity contribution is 0.416. The molecule has 0 atom stereocenters. The second-order valence-electron chi connectivity index (χ2n) is 4.09. The number of hydrogen-bond donors (Lipinski definition) is 1. The first-order valence-electron chi connectivity index (χ1n) is 5.67. The van der Waals surface area contributed by atoms with E-state index in [9.17, 15) is 0 Å². The lowest BCUT2D eigenvalue weighted by Crippen LogP contribution is -1.90. The van der Waals surface area contributed by atoms with Gasteiger partial charge in [0.2, 0.25) is 0 Å². The van der Waals surface area contributed by atoms with Crippen molar-refractivity contribution in [2.75, 3.05) is 13.4 Å². The summed E-state index contributed by atoms with van der Waals surface area (Å²) in [4.78, 5) is 2.19. The van der Waals surface area contributed by atoms with Gasteiger partial charge in [0, 0.05) is 15.4 Å². The average Bonchev–Trinajstić information content (AvgIpc) is 2.40. The van der Waals surface area contributed by atoms with E-state index in [0.29, 0.717) is 0 Å². The van der Waals surface area contributed by atoms with E-state index in [0.717, 1.165) is 21.8 Å². The van der Waals surface area contributed by atoms with Gasteiger partial charge in [-0.25, -0.2) is 0 Å². The van der Waals surface area contributed by atoms with Crippen molar-refractivity contribution in [2.24, 2.45) is 0 Å². The second-order valence-corrected chi connectivity index (χ2v) is 5.45. The predicted molar refractivity (Wildman–Crippen MR) is 82.2 cm³/mol. The first-order chi connectivity index (χ1) is 8.65. The third-order valence-corrected chi connectivity index (χ3v) is 3.96. The zero-order valence-corrected chi connectivity index (χ0v) is 12.4. The largest absolute Gasteiger partial charge is 0.496 e. The van der Waals surface area contributed by atoms with Gasteiger partial charge in [0.1, 0.15) is 5.75 Å². The number of thiol groups is 1. The van der Waals surface area contributed by atoms with Crippen LogP contribution in [0.4, 0.5) is 0 Å². The summed E-state index contributed by atoms with van der Waals surface area (Å²) in [5.74, 6) is 0.883. The monoisotopic (exact) mass is 276 g/mol. The zero-order valence-electron chi connectivity index (χ0n) is 10.7. The Morgan fingerprint density at radius 2 is 1.83 bits per heavy atom. The Morgan fingerprint density at radius 3 is 2.50 bits per heavy atom. The summed E-state index contributed by atoms with van der Waals surface area (Å²) < 4.78 is 5.45. The molecule has 2 rings (SSSR count). The van der Waals surface area contributed by atoms with Crippen molar-refractivity contribution >= 4 is 24.4 Å². The van der Waals surface area contributed by atoms with Crippen LogP contribution in [-0.4, -0.2) is 13.4 Å². The van der Waals surface area contributed by atoms with Crippen LogP contribution in [-0.2, 0) is 0 Å². The molecule has 94 valence electrons. The van der Waals surface area contributed by atoms with E-state index in [1.165, 1.54) is 10.5 Å². The zero-order chi connectivity index (χ0) is 13.1.